The molecule has 3 heterocycles. The Hall–Kier alpha value is -4.84. The molecule has 2 aromatic heterocycles. The van der Waals surface area contributed by atoms with E-state index in [2.05, 4.69) is 141 Å². The highest BCUT2D eigenvalue weighted by Gasteiger charge is 2.52. The van der Waals surface area contributed by atoms with Crippen LogP contribution in [-0.2, 0) is 9.31 Å². The van der Waals surface area contributed by atoms with E-state index in [1.807, 2.05) is 12.1 Å². The minimum Gasteiger partial charge on any atom is -0.456 e. The van der Waals surface area contributed by atoms with Crippen molar-refractivity contribution >= 4 is 67.1 Å². The van der Waals surface area contributed by atoms with E-state index in [4.69, 9.17) is 13.7 Å². The maximum Gasteiger partial charge on any atom is 0.495 e. The average Bonchev–Trinajstić information content (AvgIpc) is 3.66. The third-order valence-electron chi connectivity index (χ3n) is 10.0. The maximum atomic E-state index is 6.67. The summed E-state index contributed by atoms with van der Waals surface area (Å²) in [6.45, 7) is 8.41. The van der Waals surface area contributed by atoms with Gasteiger partial charge in [-0.1, -0.05) is 84.9 Å². The summed E-state index contributed by atoms with van der Waals surface area (Å²) in [5, 5.41) is 6.92. The number of hydrogen-bond acceptors (Lipinski definition) is 3. The molecule has 0 aliphatic carbocycles. The quantitative estimate of drug-likeness (QED) is 0.194. The van der Waals surface area contributed by atoms with Gasteiger partial charge in [0.05, 0.1) is 22.2 Å². The van der Waals surface area contributed by atoms with Crippen LogP contribution in [0.1, 0.15) is 27.7 Å². The number of fused-ring (bicyclic) bond motifs is 8. The second-order valence-corrected chi connectivity index (χ2v) is 13.2. The molecule has 1 fully saturated rings. The zero-order chi connectivity index (χ0) is 30.5. The minimum atomic E-state index is -0.534. The van der Waals surface area contributed by atoms with Gasteiger partial charge in [0.25, 0.3) is 0 Å². The third kappa shape index (κ3) is 3.81. The summed E-state index contributed by atoms with van der Waals surface area (Å²) in [6, 6.07) is 43.1. The van der Waals surface area contributed by atoms with Gasteiger partial charge in [-0.05, 0) is 86.1 Å². The molecule has 0 atom stereocenters. The largest absolute Gasteiger partial charge is 0.495 e. The lowest BCUT2D eigenvalue weighted by molar-refractivity contribution is 0.00578. The summed E-state index contributed by atoms with van der Waals surface area (Å²) in [7, 11) is -0.534. The molecule has 0 unspecified atom stereocenters. The zero-order valence-corrected chi connectivity index (χ0v) is 25.8. The van der Waals surface area contributed by atoms with E-state index >= 15 is 0 Å². The van der Waals surface area contributed by atoms with Crippen molar-refractivity contribution in [3.8, 4) is 16.8 Å². The predicted octanol–water partition coefficient (Wildman–Crippen LogP) is 9.80. The van der Waals surface area contributed by atoms with Gasteiger partial charge in [0, 0.05) is 32.6 Å². The molecule has 218 valence electrons. The number of nitrogens with zero attached hydrogens (tertiary/aromatic N) is 1. The van der Waals surface area contributed by atoms with Crippen molar-refractivity contribution in [3.63, 3.8) is 0 Å². The molecule has 45 heavy (non-hydrogen) atoms. The molecule has 0 bridgehead atoms. The van der Waals surface area contributed by atoms with Gasteiger partial charge in [-0.15, -0.1) is 0 Å². The first-order valence-electron chi connectivity index (χ1n) is 15.6. The molecule has 8 aromatic rings. The number of aromatic nitrogens is 1. The van der Waals surface area contributed by atoms with Crippen LogP contribution in [0.15, 0.2) is 126 Å². The monoisotopic (exact) mass is 585 g/mol. The second-order valence-electron chi connectivity index (χ2n) is 13.2. The van der Waals surface area contributed by atoms with E-state index in [0.29, 0.717) is 0 Å². The smallest absolute Gasteiger partial charge is 0.456 e. The molecule has 1 aliphatic rings. The van der Waals surface area contributed by atoms with Crippen molar-refractivity contribution in [1.82, 2.24) is 4.57 Å². The van der Waals surface area contributed by atoms with Crippen LogP contribution >= 0.6 is 0 Å². The molecule has 6 aromatic carbocycles. The van der Waals surface area contributed by atoms with E-state index in [-0.39, 0.29) is 0 Å². The van der Waals surface area contributed by atoms with Gasteiger partial charge >= 0.3 is 7.12 Å². The van der Waals surface area contributed by atoms with Gasteiger partial charge < -0.3 is 18.3 Å². The van der Waals surface area contributed by atoms with E-state index in [9.17, 15) is 0 Å². The Kier molecular flexibility index (Phi) is 5.51. The summed E-state index contributed by atoms with van der Waals surface area (Å²) >= 11 is 0. The first-order chi connectivity index (χ1) is 21.8. The molecule has 0 amide bonds. The van der Waals surface area contributed by atoms with E-state index in [1.165, 1.54) is 32.6 Å². The third-order valence-corrected chi connectivity index (χ3v) is 10.0. The fraction of sp³-hybridized carbons (Fsp3) is 0.150. The lowest BCUT2D eigenvalue weighted by Gasteiger charge is -2.32. The van der Waals surface area contributed by atoms with Gasteiger partial charge in [-0.2, -0.15) is 0 Å². The number of furan rings is 1. The predicted molar refractivity (Wildman–Crippen MR) is 187 cm³/mol. The van der Waals surface area contributed by atoms with Gasteiger partial charge in [-0.3, -0.25) is 0 Å². The maximum absolute atomic E-state index is 6.67. The first kappa shape index (κ1) is 26.6. The Bertz CT molecular complexity index is 2440. The molecule has 1 aliphatic heterocycles. The Balaban J connectivity index is 1.38. The van der Waals surface area contributed by atoms with E-state index in [0.717, 1.165) is 44.2 Å². The van der Waals surface area contributed by atoms with Gasteiger partial charge in [-0.25, -0.2) is 0 Å². The molecule has 4 nitrogen and oxygen atoms in total. The average molecular weight is 586 g/mol. The lowest BCUT2D eigenvalue weighted by atomic mass is 9.75. The summed E-state index contributed by atoms with van der Waals surface area (Å²) in [6.07, 6.45) is 0. The van der Waals surface area contributed by atoms with Crippen LogP contribution in [0.3, 0.4) is 0 Å². The number of rotatable bonds is 3. The lowest BCUT2D eigenvalue weighted by Crippen LogP contribution is -2.41. The van der Waals surface area contributed by atoms with Crippen LogP contribution in [0.25, 0.3) is 71.3 Å². The molecular formula is C40H32BNO3. The van der Waals surface area contributed by atoms with Crippen molar-refractivity contribution in [2.75, 3.05) is 0 Å². The zero-order valence-electron chi connectivity index (χ0n) is 25.8. The van der Waals surface area contributed by atoms with Crippen molar-refractivity contribution in [3.05, 3.63) is 121 Å². The summed E-state index contributed by atoms with van der Waals surface area (Å²) in [4.78, 5) is 0. The summed E-state index contributed by atoms with van der Waals surface area (Å²) in [5.74, 6) is 0. The highest BCUT2D eigenvalue weighted by Crippen LogP contribution is 2.43. The van der Waals surface area contributed by atoms with Crippen LogP contribution in [0.2, 0.25) is 0 Å². The van der Waals surface area contributed by atoms with Gasteiger partial charge in [0.15, 0.2) is 0 Å². The first-order valence-corrected chi connectivity index (χ1v) is 15.6. The fourth-order valence-electron chi connectivity index (χ4n) is 7.10. The Morgan fingerprint density at radius 3 is 1.93 bits per heavy atom. The summed E-state index contributed by atoms with van der Waals surface area (Å²) in [5.41, 5.74) is 7.49. The molecule has 9 rings (SSSR count). The van der Waals surface area contributed by atoms with Gasteiger partial charge in [0.2, 0.25) is 0 Å². The minimum absolute atomic E-state index is 0.468. The standard InChI is InChI=1S/C40H32BNO3/c1-39(2)40(3,4)45-41(44-39)33-22-25(23-36-37(33)30-19-11-13-21-35(30)43-36)31-24-32-28-17-10-12-20-34(28)42(26-14-6-5-7-15-26)38(32)29-18-9-8-16-27(29)31/h5-24H,1-4H3. The molecule has 0 radical (unpaired) electrons. The molecule has 1 saturated heterocycles. The van der Waals surface area contributed by atoms with Crippen LogP contribution < -0.4 is 5.46 Å². The molecule has 0 spiro atoms. The van der Waals surface area contributed by atoms with Gasteiger partial charge in [0.1, 0.15) is 11.2 Å². The van der Waals surface area contributed by atoms with Crippen molar-refractivity contribution in [2.45, 2.75) is 38.9 Å². The van der Waals surface area contributed by atoms with E-state index < -0.39 is 18.3 Å². The number of benzene rings is 6. The molecule has 0 saturated carbocycles. The number of para-hydroxylation sites is 3. The van der Waals surface area contributed by atoms with Crippen molar-refractivity contribution < 1.29 is 13.7 Å². The Labute approximate surface area is 261 Å². The SMILES string of the molecule is CC1(C)OB(c2cc(-c3cc4c5ccccc5n(-c5ccccc5)c4c4ccccc34)cc3oc4ccccc4c23)OC1(C)C. The highest BCUT2D eigenvalue weighted by molar-refractivity contribution is 6.66. The Morgan fingerprint density at radius 2 is 1.18 bits per heavy atom. The molecule has 0 N–H and O–H groups in total. The second kappa shape index (κ2) is 9.34. The van der Waals surface area contributed by atoms with Crippen molar-refractivity contribution in [1.29, 1.82) is 0 Å². The topological polar surface area (TPSA) is 36.5 Å². The molecule has 5 heteroatoms. The van der Waals surface area contributed by atoms with Crippen LogP contribution in [-0.4, -0.2) is 22.9 Å². The van der Waals surface area contributed by atoms with Crippen LogP contribution in [0.4, 0.5) is 0 Å². The number of hydrogen-bond donors (Lipinski definition) is 0. The highest BCUT2D eigenvalue weighted by atomic mass is 16.7. The van der Waals surface area contributed by atoms with E-state index in [1.54, 1.807) is 0 Å². The van der Waals surface area contributed by atoms with Crippen LogP contribution in [0, 0.1) is 0 Å². The van der Waals surface area contributed by atoms with Crippen molar-refractivity contribution in [2.24, 2.45) is 0 Å². The summed E-state index contributed by atoms with van der Waals surface area (Å²) < 4.78 is 22.3. The normalized spacial score (nSPS) is 16.1. The molecular weight excluding hydrogens is 553 g/mol. The fourth-order valence-corrected chi connectivity index (χ4v) is 7.10. The van der Waals surface area contributed by atoms with Crippen LogP contribution in [0.5, 0.6) is 0 Å². The Morgan fingerprint density at radius 1 is 0.556 bits per heavy atom.